The molecule has 0 radical (unpaired) electrons. The van der Waals surface area contributed by atoms with Crippen molar-refractivity contribution < 1.29 is 18.0 Å². The highest BCUT2D eigenvalue weighted by atomic mass is 35.5. The third kappa shape index (κ3) is 6.11. The second kappa shape index (κ2) is 9.91. The third-order valence-corrected chi connectivity index (χ3v) is 7.81. The van der Waals surface area contributed by atoms with Crippen LogP contribution in [0.25, 0.3) is 0 Å². The average molecular weight is 522 g/mol. The molecule has 2 aromatic carbocycles. The van der Waals surface area contributed by atoms with Crippen LogP contribution in [0.15, 0.2) is 70.0 Å². The van der Waals surface area contributed by atoms with Gasteiger partial charge in [-0.15, -0.1) is 11.3 Å². The molecule has 9 nitrogen and oxygen atoms in total. The van der Waals surface area contributed by atoms with Gasteiger partial charge in [-0.25, -0.2) is 18.4 Å². The standard InChI is InChI=1S/C20H16ClN5O4S3/c21-12-1-3-13(4-2-12)23-17(27)11-16-18(28)25-20(32-16)24-14-5-7-15(8-6-14)33(29,30)26-19-22-9-10-31-19/h1-10,16H,11H2,(H,22,26)(H,23,27)(H,24,25,28). The number of carbonyl (C=O) groups is 2. The third-order valence-electron chi connectivity index (χ3n) is 4.31. The number of thioether (sulfide) groups is 1. The number of sulfonamides is 1. The first-order valence-corrected chi connectivity index (χ1v) is 13.0. The zero-order valence-electron chi connectivity index (χ0n) is 16.7. The van der Waals surface area contributed by atoms with E-state index in [-0.39, 0.29) is 28.3 Å². The smallest absolute Gasteiger partial charge is 0.263 e. The van der Waals surface area contributed by atoms with Crippen molar-refractivity contribution in [3.05, 3.63) is 65.1 Å². The summed E-state index contributed by atoms with van der Waals surface area (Å²) in [6, 6.07) is 12.5. The molecule has 0 saturated carbocycles. The summed E-state index contributed by atoms with van der Waals surface area (Å²) in [5.74, 6) is -0.634. The molecule has 1 aliphatic heterocycles. The van der Waals surface area contributed by atoms with Crippen molar-refractivity contribution in [1.82, 2.24) is 10.3 Å². The minimum atomic E-state index is -3.76. The van der Waals surface area contributed by atoms with E-state index in [0.717, 1.165) is 11.8 Å². The highest BCUT2D eigenvalue weighted by molar-refractivity contribution is 8.15. The van der Waals surface area contributed by atoms with E-state index < -0.39 is 15.3 Å². The van der Waals surface area contributed by atoms with Gasteiger partial charge in [0, 0.05) is 28.7 Å². The van der Waals surface area contributed by atoms with E-state index >= 15 is 0 Å². The predicted octanol–water partition coefficient (Wildman–Crippen LogP) is 3.85. The Labute approximate surface area is 202 Å². The Kier molecular flexibility index (Phi) is 6.98. The second-order valence-corrected chi connectivity index (χ2v) is 10.9. The lowest BCUT2D eigenvalue weighted by Gasteiger charge is -2.07. The molecule has 1 aliphatic rings. The number of hydrogen-bond donors (Lipinski definition) is 3. The van der Waals surface area contributed by atoms with Crippen LogP contribution in [0, 0.1) is 0 Å². The summed E-state index contributed by atoms with van der Waals surface area (Å²) in [7, 11) is -3.76. The molecule has 1 atom stereocenters. The van der Waals surface area contributed by atoms with Gasteiger partial charge in [-0.2, -0.15) is 0 Å². The molecule has 0 spiro atoms. The van der Waals surface area contributed by atoms with Crippen molar-refractivity contribution in [3.63, 3.8) is 0 Å². The number of rotatable bonds is 7. The number of amides is 2. The molecular weight excluding hydrogens is 506 g/mol. The van der Waals surface area contributed by atoms with Gasteiger partial charge >= 0.3 is 0 Å². The number of thiazole rings is 1. The molecule has 3 N–H and O–H groups in total. The molecule has 170 valence electrons. The summed E-state index contributed by atoms with van der Waals surface area (Å²) in [6.07, 6.45) is 1.47. The summed E-state index contributed by atoms with van der Waals surface area (Å²) in [4.78, 5) is 32.8. The van der Waals surface area contributed by atoms with Crippen LogP contribution in [0.5, 0.6) is 0 Å². The number of amidine groups is 1. The Morgan fingerprint density at radius 3 is 2.55 bits per heavy atom. The number of aromatic nitrogens is 1. The number of carbonyl (C=O) groups excluding carboxylic acids is 2. The maximum Gasteiger partial charge on any atom is 0.263 e. The first-order valence-electron chi connectivity index (χ1n) is 9.42. The average Bonchev–Trinajstić information content (AvgIpc) is 3.39. The molecule has 1 aromatic heterocycles. The number of benzene rings is 2. The first-order chi connectivity index (χ1) is 15.8. The van der Waals surface area contributed by atoms with Crippen molar-refractivity contribution in [2.45, 2.75) is 16.6 Å². The molecule has 0 aliphatic carbocycles. The van der Waals surface area contributed by atoms with Crippen LogP contribution in [0.2, 0.25) is 5.02 Å². The van der Waals surface area contributed by atoms with Crippen molar-refractivity contribution in [2.24, 2.45) is 4.99 Å². The SMILES string of the molecule is O=C(CC1SC(=Nc2ccc(S(=O)(=O)Nc3nccs3)cc2)NC1=O)Nc1ccc(Cl)cc1. The molecule has 2 amide bonds. The van der Waals surface area contributed by atoms with E-state index in [0.29, 0.717) is 21.6 Å². The molecule has 4 rings (SSSR count). The molecule has 1 unspecified atom stereocenters. The lowest BCUT2D eigenvalue weighted by atomic mass is 10.2. The van der Waals surface area contributed by atoms with Crippen molar-refractivity contribution in [2.75, 3.05) is 10.0 Å². The minimum absolute atomic E-state index is 0.0300. The number of nitrogens with zero attached hydrogens (tertiary/aromatic N) is 2. The van der Waals surface area contributed by atoms with Gasteiger partial charge in [-0.1, -0.05) is 23.4 Å². The fourth-order valence-electron chi connectivity index (χ4n) is 2.77. The zero-order chi connectivity index (χ0) is 23.4. The Morgan fingerprint density at radius 1 is 1.15 bits per heavy atom. The van der Waals surface area contributed by atoms with Gasteiger partial charge < -0.3 is 10.6 Å². The van der Waals surface area contributed by atoms with Crippen molar-refractivity contribution >= 4 is 78.2 Å². The van der Waals surface area contributed by atoms with Gasteiger partial charge in [0.2, 0.25) is 11.8 Å². The summed E-state index contributed by atoms with van der Waals surface area (Å²) < 4.78 is 27.2. The summed E-state index contributed by atoms with van der Waals surface area (Å²) >= 11 is 8.14. The molecule has 1 saturated heterocycles. The van der Waals surface area contributed by atoms with Gasteiger partial charge in [0.1, 0.15) is 5.25 Å². The number of aliphatic imine (C=N–C) groups is 1. The van der Waals surface area contributed by atoms with E-state index in [1.807, 2.05) is 0 Å². The molecule has 3 aromatic rings. The fraction of sp³-hybridized carbons (Fsp3) is 0.100. The molecule has 1 fully saturated rings. The first kappa shape index (κ1) is 23.2. The summed E-state index contributed by atoms with van der Waals surface area (Å²) in [5, 5.41) is 7.57. The van der Waals surface area contributed by atoms with Crippen LogP contribution in [0.4, 0.5) is 16.5 Å². The molecule has 2 heterocycles. The van der Waals surface area contributed by atoms with E-state index in [1.165, 1.54) is 41.8 Å². The monoisotopic (exact) mass is 521 g/mol. The number of hydrogen-bond acceptors (Lipinski definition) is 8. The van der Waals surface area contributed by atoms with Crippen molar-refractivity contribution in [1.29, 1.82) is 0 Å². The van der Waals surface area contributed by atoms with Crippen LogP contribution < -0.4 is 15.4 Å². The molecule has 33 heavy (non-hydrogen) atoms. The maximum absolute atomic E-state index is 12.4. The quantitative estimate of drug-likeness (QED) is 0.433. The Morgan fingerprint density at radius 2 is 1.88 bits per heavy atom. The lowest BCUT2D eigenvalue weighted by molar-refractivity contribution is -0.122. The van der Waals surface area contributed by atoms with Gasteiger partial charge in [0.15, 0.2) is 10.3 Å². The number of halogens is 1. The Bertz CT molecular complexity index is 1290. The van der Waals surface area contributed by atoms with Crippen LogP contribution in [0.1, 0.15) is 6.42 Å². The number of nitrogens with one attached hydrogen (secondary N) is 3. The van der Waals surface area contributed by atoms with Gasteiger partial charge in [0.05, 0.1) is 10.6 Å². The fourth-order valence-corrected chi connectivity index (χ4v) is 5.67. The van der Waals surface area contributed by atoms with E-state index in [2.05, 4.69) is 25.3 Å². The predicted molar refractivity (Wildman–Crippen MR) is 131 cm³/mol. The lowest BCUT2D eigenvalue weighted by Crippen LogP contribution is -2.28. The van der Waals surface area contributed by atoms with Gasteiger partial charge in [0.25, 0.3) is 10.0 Å². The van der Waals surface area contributed by atoms with Crippen LogP contribution in [-0.4, -0.2) is 35.6 Å². The maximum atomic E-state index is 12.4. The van der Waals surface area contributed by atoms with E-state index in [4.69, 9.17) is 11.6 Å². The van der Waals surface area contributed by atoms with Crippen LogP contribution in [-0.2, 0) is 19.6 Å². The van der Waals surface area contributed by atoms with E-state index in [9.17, 15) is 18.0 Å². The van der Waals surface area contributed by atoms with Crippen molar-refractivity contribution in [3.8, 4) is 0 Å². The Balaban J connectivity index is 1.37. The normalized spacial score (nSPS) is 17.1. The summed E-state index contributed by atoms with van der Waals surface area (Å²) in [5.41, 5.74) is 1.04. The zero-order valence-corrected chi connectivity index (χ0v) is 19.9. The molecule has 0 bridgehead atoms. The highest BCUT2D eigenvalue weighted by Gasteiger charge is 2.32. The van der Waals surface area contributed by atoms with Crippen LogP contribution >= 0.6 is 34.7 Å². The second-order valence-electron chi connectivity index (χ2n) is 6.71. The van der Waals surface area contributed by atoms with Gasteiger partial charge in [-0.05, 0) is 48.5 Å². The van der Waals surface area contributed by atoms with Gasteiger partial charge in [-0.3, -0.25) is 14.3 Å². The summed E-state index contributed by atoms with van der Waals surface area (Å²) in [6.45, 7) is 0. The topological polar surface area (TPSA) is 130 Å². The number of anilines is 2. The largest absolute Gasteiger partial charge is 0.326 e. The van der Waals surface area contributed by atoms with E-state index in [1.54, 1.807) is 29.6 Å². The molecule has 13 heteroatoms. The van der Waals surface area contributed by atoms with Crippen LogP contribution in [0.3, 0.4) is 0 Å². The Hall–Kier alpha value is -2.93. The molecular formula is C20H16ClN5O4S3. The minimum Gasteiger partial charge on any atom is -0.326 e. The highest BCUT2D eigenvalue weighted by Crippen LogP contribution is 2.27.